The fourth-order valence-corrected chi connectivity index (χ4v) is 4.06. The summed E-state index contributed by atoms with van der Waals surface area (Å²) in [6, 6.07) is 0.0489. The molecule has 0 unspecified atom stereocenters. The SMILES string of the molecule is CC(C)(C)NC(=O)[C@@H]1C[C@@H]2CCCC[C@@H]2CN1C[C@H]1CO1. The number of likely N-dealkylation sites (tertiary alicyclic amines) is 1. The molecule has 0 aromatic rings. The van der Waals surface area contributed by atoms with Crippen LogP contribution < -0.4 is 5.32 Å². The van der Waals surface area contributed by atoms with E-state index >= 15 is 0 Å². The highest BCUT2D eigenvalue weighted by atomic mass is 16.6. The van der Waals surface area contributed by atoms with Crippen molar-refractivity contribution >= 4 is 5.91 Å². The van der Waals surface area contributed by atoms with Crippen molar-refractivity contribution < 1.29 is 9.53 Å². The molecule has 0 aromatic heterocycles. The van der Waals surface area contributed by atoms with Gasteiger partial charge in [0, 0.05) is 18.6 Å². The van der Waals surface area contributed by atoms with E-state index in [2.05, 4.69) is 31.0 Å². The van der Waals surface area contributed by atoms with Gasteiger partial charge in [-0.2, -0.15) is 0 Å². The van der Waals surface area contributed by atoms with E-state index in [1.807, 2.05) is 0 Å². The third kappa shape index (κ3) is 3.98. The zero-order chi connectivity index (χ0) is 15.0. The Morgan fingerprint density at radius 3 is 2.52 bits per heavy atom. The van der Waals surface area contributed by atoms with Crippen LogP contribution in [0.15, 0.2) is 0 Å². The number of nitrogens with one attached hydrogen (secondary N) is 1. The molecule has 2 aliphatic heterocycles. The van der Waals surface area contributed by atoms with Crippen LogP contribution in [0.1, 0.15) is 52.9 Å². The first-order valence-corrected chi connectivity index (χ1v) is 8.60. The maximum atomic E-state index is 12.7. The number of epoxide rings is 1. The van der Waals surface area contributed by atoms with Gasteiger partial charge in [0.25, 0.3) is 0 Å². The van der Waals surface area contributed by atoms with Crippen molar-refractivity contribution in [1.82, 2.24) is 10.2 Å². The number of rotatable bonds is 3. The van der Waals surface area contributed by atoms with E-state index in [9.17, 15) is 4.79 Å². The highest BCUT2D eigenvalue weighted by Crippen LogP contribution is 2.39. The van der Waals surface area contributed by atoms with Crippen molar-refractivity contribution in [3.63, 3.8) is 0 Å². The predicted octanol–water partition coefficient (Wildman–Crippen LogP) is 2.18. The highest BCUT2D eigenvalue weighted by Gasteiger charge is 2.42. The van der Waals surface area contributed by atoms with Gasteiger partial charge in [0.1, 0.15) is 0 Å². The Morgan fingerprint density at radius 1 is 1.24 bits per heavy atom. The Hall–Kier alpha value is -0.610. The minimum absolute atomic E-state index is 0.0489. The second kappa shape index (κ2) is 5.88. The summed E-state index contributed by atoms with van der Waals surface area (Å²) in [4.78, 5) is 15.1. The van der Waals surface area contributed by atoms with E-state index in [0.717, 1.165) is 38.0 Å². The van der Waals surface area contributed by atoms with Crippen LogP contribution in [0, 0.1) is 11.8 Å². The van der Waals surface area contributed by atoms with Crippen LogP contribution in [0.3, 0.4) is 0 Å². The average molecular weight is 294 g/mol. The van der Waals surface area contributed by atoms with Crippen LogP contribution in [0.2, 0.25) is 0 Å². The van der Waals surface area contributed by atoms with Gasteiger partial charge < -0.3 is 10.1 Å². The number of fused-ring (bicyclic) bond motifs is 1. The smallest absolute Gasteiger partial charge is 0.237 e. The first-order chi connectivity index (χ1) is 9.92. The summed E-state index contributed by atoms with van der Waals surface area (Å²) in [7, 11) is 0. The van der Waals surface area contributed by atoms with Crippen LogP contribution >= 0.6 is 0 Å². The molecule has 2 saturated heterocycles. The summed E-state index contributed by atoms with van der Waals surface area (Å²) in [6.07, 6.45) is 6.79. The second-order valence-corrected chi connectivity index (χ2v) is 8.20. The van der Waals surface area contributed by atoms with E-state index < -0.39 is 0 Å². The molecule has 21 heavy (non-hydrogen) atoms. The van der Waals surface area contributed by atoms with Gasteiger partial charge in [0.15, 0.2) is 0 Å². The molecule has 0 bridgehead atoms. The molecule has 120 valence electrons. The Balaban J connectivity index is 1.68. The predicted molar refractivity (Wildman–Crippen MR) is 83.1 cm³/mol. The lowest BCUT2D eigenvalue weighted by atomic mass is 9.72. The number of carbonyl (C=O) groups is 1. The molecule has 0 aromatic carbocycles. The summed E-state index contributed by atoms with van der Waals surface area (Å²) in [5.74, 6) is 1.77. The number of ether oxygens (including phenoxy) is 1. The lowest BCUT2D eigenvalue weighted by molar-refractivity contribution is -0.131. The van der Waals surface area contributed by atoms with Crippen LogP contribution in [0.4, 0.5) is 0 Å². The first kappa shape index (κ1) is 15.3. The van der Waals surface area contributed by atoms with Gasteiger partial charge in [0.2, 0.25) is 5.91 Å². The summed E-state index contributed by atoms with van der Waals surface area (Å²) in [5, 5.41) is 3.19. The van der Waals surface area contributed by atoms with Crippen LogP contribution in [0.5, 0.6) is 0 Å². The van der Waals surface area contributed by atoms with Crippen molar-refractivity contribution in [1.29, 1.82) is 0 Å². The molecule has 3 aliphatic rings. The van der Waals surface area contributed by atoms with E-state index in [0.29, 0.717) is 6.10 Å². The van der Waals surface area contributed by atoms with E-state index in [-0.39, 0.29) is 17.5 Å². The summed E-state index contributed by atoms with van der Waals surface area (Å²) < 4.78 is 5.40. The molecule has 1 amide bonds. The molecule has 4 heteroatoms. The van der Waals surface area contributed by atoms with Gasteiger partial charge in [-0.1, -0.05) is 19.3 Å². The van der Waals surface area contributed by atoms with Crippen molar-refractivity contribution in [2.45, 2.75) is 70.6 Å². The third-order valence-electron chi connectivity index (χ3n) is 5.14. The molecule has 0 radical (unpaired) electrons. The standard InChI is InChI=1S/C17H30N2O2/c1-17(2,3)18-16(20)15-8-12-6-4-5-7-13(12)9-19(15)10-14-11-21-14/h12-15H,4-11H2,1-3H3,(H,18,20)/t12-,13+,14-,15-/m0/s1. The largest absolute Gasteiger partial charge is 0.372 e. The molecule has 0 spiro atoms. The number of piperidine rings is 1. The molecule has 1 aliphatic carbocycles. The fourth-order valence-electron chi connectivity index (χ4n) is 4.06. The van der Waals surface area contributed by atoms with Crippen LogP contribution in [0.25, 0.3) is 0 Å². The lowest BCUT2D eigenvalue weighted by Gasteiger charge is -2.46. The van der Waals surface area contributed by atoms with Gasteiger partial charge in [0.05, 0.1) is 18.8 Å². The molecule has 2 heterocycles. The normalized spacial score (nSPS) is 36.9. The van der Waals surface area contributed by atoms with Crippen molar-refractivity contribution in [3.05, 3.63) is 0 Å². The maximum absolute atomic E-state index is 12.7. The zero-order valence-electron chi connectivity index (χ0n) is 13.7. The van der Waals surface area contributed by atoms with E-state index in [1.54, 1.807) is 0 Å². The van der Waals surface area contributed by atoms with E-state index in [4.69, 9.17) is 4.74 Å². The van der Waals surface area contributed by atoms with Crippen LogP contribution in [-0.4, -0.2) is 48.2 Å². The molecule has 3 rings (SSSR count). The van der Waals surface area contributed by atoms with Gasteiger partial charge in [-0.25, -0.2) is 0 Å². The first-order valence-electron chi connectivity index (χ1n) is 8.60. The Bertz CT molecular complexity index is 387. The Morgan fingerprint density at radius 2 is 1.90 bits per heavy atom. The number of amides is 1. The molecule has 1 saturated carbocycles. The fraction of sp³-hybridized carbons (Fsp3) is 0.941. The number of nitrogens with zero attached hydrogens (tertiary/aromatic N) is 1. The molecular formula is C17H30N2O2. The highest BCUT2D eigenvalue weighted by molar-refractivity contribution is 5.82. The Labute approximate surface area is 128 Å². The molecule has 1 N–H and O–H groups in total. The minimum atomic E-state index is -0.151. The number of hydrogen-bond donors (Lipinski definition) is 1. The van der Waals surface area contributed by atoms with Gasteiger partial charge in [-0.15, -0.1) is 0 Å². The van der Waals surface area contributed by atoms with Gasteiger partial charge >= 0.3 is 0 Å². The number of carbonyl (C=O) groups excluding carboxylic acids is 1. The van der Waals surface area contributed by atoms with Crippen molar-refractivity contribution in [3.8, 4) is 0 Å². The quantitative estimate of drug-likeness (QED) is 0.812. The summed E-state index contributed by atoms with van der Waals surface area (Å²) in [5.41, 5.74) is -0.151. The van der Waals surface area contributed by atoms with Gasteiger partial charge in [-0.05, 0) is 45.4 Å². The minimum Gasteiger partial charge on any atom is -0.372 e. The third-order valence-corrected chi connectivity index (χ3v) is 5.14. The van der Waals surface area contributed by atoms with Gasteiger partial charge in [-0.3, -0.25) is 9.69 Å². The number of hydrogen-bond acceptors (Lipinski definition) is 3. The van der Waals surface area contributed by atoms with E-state index in [1.165, 1.54) is 25.7 Å². The lowest BCUT2D eigenvalue weighted by Crippen LogP contribution is -2.58. The molecule has 4 atom stereocenters. The topological polar surface area (TPSA) is 44.9 Å². The van der Waals surface area contributed by atoms with Crippen molar-refractivity contribution in [2.24, 2.45) is 11.8 Å². The maximum Gasteiger partial charge on any atom is 0.237 e. The molecule has 3 fully saturated rings. The summed E-state index contributed by atoms with van der Waals surface area (Å²) in [6.45, 7) is 9.08. The second-order valence-electron chi connectivity index (χ2n) is 8.20. The molecular weight excluding hydrogens is 264 g/mol. The van der Waals surface area contributed by atoms with Crippen molar-refractivity contribution in [2.75, 3.05) is 19.7 Å². The average Bonchev–Trinajstić information content (AvgIpc) is 3.20. The monoisotopic (exact) mass is 294 g/mol. The Kier molecular flexibility index (Phi) is 4.28. The van der Waals surface area contributed by atoms with Crippen LogP contribution in [-0.2, 0) is 9.53 Å². The zero-order valence-corrected chi connectivity index (χ0v) is 13.7. The summed E-state index contributed by atoms with van der Waals surface area (Å²) >= 11 is 0. The molecule has 4 nitrogen and oxygen atoms in total.